The van der Waals surface area contributed by atoms with Crippen molar-refractivity contribution in [3.8, 4) is 11.5 Å². The Morgan fingerprint density at radius 1 is 1.00 bits per heavy atom. The number of rotatable bonds is 5. The van der Waals surface area contributed by atoms with Gasteiger partial charge >= 0.3 is 0 Å². The van der Waals surface area contributed by atoms with Crippen LogP contribution in [0, 0.1) is 0 Å². The van der Waals surface area contributed by atoms with Crippen molar-refractivity contribution in [2.24, 2.45) is 5.73 Å². The highest BCUT2D eigenvalue weighted by molar-refractivity contribution is 7.80. The van der Waals surface area contributed by atoms with Crippen LogP contribution < -0.4 is 25.8 Å². The second-order valence-electron chi connectivity index (χ2n) is 4.59. The number of carbonyl (C=O) groups is 1. The lowest BCUT2D eigenvalue weighted by molar-refractivity contribution is 0.102. The summed E-state index contributed by atoms with van der Waals surface area (Å²) in [6.07, 6.45) is 0. The Morgan fingerprint density at radius 2 is 1.70 bits per heavy atom. The van der Waals surface area contributed by atoms with Gasteiger partial charge in [-0.15, -0.1) is 0 Å². The van der Waals surface area contributed by atoms with Crippen molar-refractivity contribution in [2.75, 3.05) is 24.9 Å². The summed E-state index contributed by atoms with van der Waals surface area (Å²) in [5, 5.41) is 5.73. The van der Waals surface area contributed by atoms with Gasteiger partial charge in [-0.25, -0.2) is 0 Å². The van der Waals surface area contributed by atoms with Crippen LogP contribution in [-0.2, 0) is 0 Å². The first kappa shape index (κ1) is 16.6. The van der Waals surface area contributed by atoms with Gasteiger partial charge in [0.25, 0.3) is 5.91 Å². The van der Waals surface area contributed by atoms with Crippen LogP contribution in [0.5, 0.6) is 11.5 Å². The Kier molecular flexibility index (Phi) is 5.37. The van der Waals surface area contributed by atoms with E-state index in [1.54, 1.807) is 49.6 Å². The number of ether oxygens (including phenoxy) is 2. The molecule has 0 fully saturated rings. The minimum Gasteiger partial charge on any atom is -0.493 e. The first-order chi connectivity index (χ1) is 11.0. The number of nitrogens with one attached hydrogen (secondary N) is 2. The molecule has 23 heavy (non-hydrogen) atoms. The van der Waals surface area contributed by atoms with E-state index in [0.717, 1.165) is 0 Å². The molecule has 0 unspecified atom stereocenters. The summed E-state index contributed by atoms with van der Waals surface area (Å²) < 4.78 is 10.4. The summed E-state index contributed by atoms with van der Waals surface area (Å²) in [7, 11) is 3.09. The van der Waals surface area contributed by atoms with E-state index in [9.17, 15) is 4.79 Å². The molecule has 0 bridgehead atoms. The first-order valence-electron chi connectivity index (χ1n) is 6.73. The number of nitrogens with two attached hydrogens (primary N) is 1. The van der Waals surface area contributed by atoms with Crippen LogP contribution >= 0.6 is 12.2 Å². The molecule has 0 radical (unpaired) electrons. The maximum atomic E-state index is 12.3. The molecule has 0 aliphatic carbocycles. The van der Waals surface area contributed by atoms with E-state index in [2.05, 4.69) is 10.6 Å². The molecule has 7 heteroatoms. The van der Waals surface area contributed by atoms with Gasteiger partial charge in [-0.05, 0) is 42.5 Å². The van der Waals surface area contributed by atoms with Crippen LogP contribution in [0.25, 0.3) is 0 Å². The lowest BCUT2D eigenvalue weighted by atomic mass is 10.2. The van der Waals surface area contributed by atoms with Crippen molar-refractivity contribution >= 4 is 34.6 Å². The molecule has 2 aromatic rings. The van der Waals surface area contributed by atoms with Crippen molar-refractivity contribution in [1.82, 2.24) is 0 Å². The Bertz CT molecular complexity index is 734. The number of methoxy groups -OCH3 is 2. The van der Waals surface area contributed by atoms with E-state index in [4.69, 9.17) is 27.4 Å². The van der Waals surface area contributed by atoms with Crippen LogP contribution in [0.4, 0.5) is 11.4 Å². The van der Waals surface area contributed by atoms with Crippen molar-refractivity contribution < 1.29 is 14.3 Å². The molecule has 2 rings (SSSR count). The molecular formula is C16H17N3O3S. The van der Waals surface area contributed by atoms with E-state index >= 15 is 0 Å². The number of amides is 1. The summed E-state index contributed by atoms with van der Waals surface area (Å²) in [6.45, 7) is 0. The van der Waals surface area contributed by atoms with Crippen LogP contribution in [0.3, 0.4) is 0 Å². The third-order valence-corrected chi connectivity index (χ3v) is 3.14. The summed E-state index contributed by atoms with van der Waals surface area (Å²) in [5.74, 6) is 0.867. The number of anilines is 2. The quantitative estimate of drug-likeness (QED) is 0.730. The summed E-state index contributed by atoms with van der Waals surface area (Å²) >= 11 is 4.78. The second-order valence-corrected chi connectivity index (χ2v) is 5.03. The van der Waals surface area contributed by atoms with Gasteiger partial charge in [0.2, 0.25) is 0 Å². The SMILES string of the molecule is COc1ccc(NC(=O)c2cccc(NC(N)=S)c2)cc1OC. The van der Waals surface area contributed by atoms with Crippen molar-refractivity contribution in [2.45, 2.75) is 0 Å². The van der Waals surface area contributed by atoms with Gasteiger partial charge in [-0.1, -0.05) is 6.07 Å². The lowest BCUT2D eigenvalue weighted by Gasteiger charge is -2.11. The Morgan fingerprint density at radius 3 is 2.35 bits per heavy atom. The maximum absolute atomic E-state index is 12.3. The Hall–Kier alpha value is -2.80. The van der Waals surface area contributed by atoms with Gasteiger partial charge < -0.3 is 25.8 Å². The van der Waals surface area contributed by atoms with Crippen molar-refractivity contribution in [1.29, 1.82) is 0 Å². The van der Waals surface area contributed by atoms with E-state index in [-0.39, 0.29) is 11.0 Å². The molecule has 0 aromatic heterocycles. The maximum Gasteiger partial charge on any atom is 0.255 e. The molecule has 0 saturated heterocycles. The fourth-order valence-electron chi connectivity index (χ4n) is 2.00. The molecule has 0 spiro atoms. The standard InChI is InChI=1S/C16H17N3O3S/c1-21-13-7-6-12(9-14(13)22-2)18-15(20)10-4-3-5-11(8-10)19-16(17)23/h3-9H,1-2H3,(H,18,20)(H3,17,19,23). The minimum atomic E-state index is -0.260. The molecule has 0 aliphatic rings. The van der Waals surface area contributed by atoms with Crippen molar-refractivity contribution in [3.05, 3.63) is 48.0 Å². The van der Waals surface area contributed by atoms with Crippen LogP contribution in [0.15, 0.2) is 42.5 Å². The number of thiocarbonyl (C=S) groups is 1. The second kappa shape index (κ2) is 7.46. The van der Waals surface area contributed by atoms with E-state index in [1.165, 1.54) is 7.11 Å². The third-order valence-electron chi connectivity index (χ3n) is 3.03. The van der Waals surface area contributed by atoms with E-state index in [0.29, 0.717) is 28.4 Å². The zero-order valence-electron chi connectivity index (χ0n) is 12.8. The van der Waals surface area contributed by atoms with Crippen LogP contribution in [0.2, 0.25) is 0 Å². The van der Waals surface area contributed by atoms with Gasteiger partial charge in [-0.2, -0.15) is 0 Å². The summed E-state index contributed by atoms with van der Waals surface area (Å²) in [4.78, 5) is 12.3. The smallest absolute Gasteiger partial charge is 0.255 e. The molecule has 6 nitrogen and oxygen atoms in total. The fourth-order valence-corrected chi connectivity index (χ4v) is 2.12. The summed E-state index contributed by atoms with van der Waals surface area (Å²) in [6, 6.07) is 12.0. The summed E-state index contributed by atoms with van der Waals surface area (Å²) in [5.41, 5.74) is 7.15. The molecule has 0 aliphatic heterocycles. The highest BCUT2D eigenvalue weighted by atomic mass is 32.1. The predicted octanol–water partition coefficient (Wildman–Crippen LogP) is 2.61. The highest BCUT2D eigenvalue weighted by Gasteiger charge is 2.10. The van der Waals surface area contributed by atoms with Gasteiger partial charge in [0.15, 0.2) is 16.6 Å². The van der Waals surface area contributed by atoms with Crippen molar-refractivity contribution in [3.63, 3.8) is 0 Å². The van der Waals surface area contributed by atoms with E-state index < -0.39 is 0 Å². The minimum absolute atomic E-state index is 0.141. The normalized spacial score (nSPS) is 9.83. The van der Waals surface area contributed by atoms with Crippen LogP contribution in [-0.4, -0.2) is 25.2 Å². The molecule has 0 heterocycles. The Balaban J connectivity index is 2.17. The molecule has 2 aromatic carbocycles. The molecule has 1 amide bonds. The topological polar surface area (TPSA) is 85.6 Å². The monoisotopic (exact) mass is 331 g/mol. The van der Waals surface area contributed by atoms with Gasteiger partial charge in [0.1, 0.15) is 0 Å². The average molecular weight is 331 g/mol. The zero-order chi connectivity index (χ0) is 16.8. The van der Waals surface area contributed by atoms with Crippen LogP contribution in [0.1, 0.15) is 10.4 Å². The molecule has 0 saturated carbocycles. The molecular weight excluding hydrogens is 314 g/mol. The third kappa shape index (κ3) is 4.33. The molecule has 120 valence electrons. The van der Waals surface area contributed by atoms with Gasteiger partial charge in [-0.3, -0.25) is 4.79 Å². The largest absolute Gasteiger partial charge is 0.493 e. The average Bonchev–Trinajstić information content (AvgIpc) is 2.54. The fraction of sp³-hybridized carbons (Fsp3) is 0.125. The van der Waals surface area contributed by atoms with Gasteiger partial charge in [0.05, 0.1) is 14.2 Å². The molecule has 0 atom stereocenters. The number of carbonyl (C=O) groups excluding carboxylic acids is 1. The number of hydrogen-bond acceptors (Lipinski definition) is 4. The zero-order valence-corrected chi connectivity index (χ0v) is 13.6. The van der Waals surface area contributed by atoms with Gasteiger partial charge in [0, 0.05) is 23.0 Å². The first-order valence-corrected chi connectivity index (χ1v) is 7.14. The van der Waals surface area contributed by atoms with E-state index in [1.807, 2.05) is 0 Å². The Labute approximate surface area is 139 Å². The predicted molar refractivity (Wildman–Crippen MR) is 94.3 cm³/mol. The highest BCUT2D eigenvalue weighted by Crippen LogP contribution is 2.29. The lowest BCUT2D eigenvalue weighted by Crippen LogP contribution is -2.19. The molecule has 4 N–H and O–H groups in total. The number of hydrogen-bond donors (Lipinski definition) is 3. The number of benzene rings is 2.